The van der Waals surface area contributed by atoms with Gasteiger partial charge in [-0.3, -0.25) is 4.90 Å². The number of carbonyl (C=O) groups is 1. The molecule has 3 aliphatic heterocycles. The van der Waals surface area contributed by atoms with Crippen LogP contribution in [-0.4, -0.2) is 129 Å². The third kappa shape index (κ3) is 10.6. The molecule has 15 nitrogen and oxygen atoms in total. The van der Waals surface area contributed by atoms with Crippen molar-refractivity contribution in [2.45, 2.75) is 38.3 Å². The number of aliphatic carboxylic acids is 1. The Hall–Kier alpha value is -6.47. The molecule has 352 valence electrons. The van der Waals surface area contributed by atoms with E-state index < -0.39 is 30.9 Å². The second-order valence-corrected chi connectivity index (χ2v) is 18.0. The lowest BCUT2D eigenvalue weighted by atomic mass is 9.96. The molecule has 3 aliphatic rings. The molecule has 3 atom stereocenters. The number of hydrogen-bond acceptors (Lipinski definition) is 15. The molecular formula is C50H48ClFN6O9S. The van der Waals surface area contributed by atoms with Crippen LogP contribution in [0.4, 0.5) is 4.39 Å². The number of fused-ring (bicyclic) bond motifs is 7. The van der Waals surface area contributed by atoms with Crippen LogP contribution in [0, 0.1) is 12.7 Å². The molecule has 1 fully saturated rings. The van der Waals surface area contributed by atoms with Gasteiger partial charge in [0.05, 0.1) is 22.7 Å². The largest absolute Gasteiger partial charge is 0.491 e. The number of carboxylic acids is 1. The van der Waals surface area contributed by atoms with Crippen LogP contribution in [0.5, 0.6) is 28.9 Å². The Labute approximate surface area is 400 Å². The molecule has 3 aromatic heterocycles. The Morgan fingerprint density at radius 1 is 0.956 bits per heavy atom. The lowest BCUT2D eigenvalue weighted by molar-refractivity contribution is -0.145. The van der Waals surface area contributed by atoms with Crippen molar-refractivity contribution in [2.24, 2.45) is 0 Å². The van der Waals surface area contributed by atoms with Gasteiger partial charge in [0.1, 0.15) is 72.0 Å². The summed E-state index contributed by atoms with van der Waals surface area (Å²) in [4.78, 5) is 37.5. The van der Waals surface area contributed by atoms with Crippen molar-refractivity contribution in [3.8, 4) is 61.8 Å². The number of halogens is 2. The summed E-state index contributed by atoms with van der Waals surface area (Å²) in [5.74, 6) is 0.666. The topological polar surface area (TPSA) is 182 Å². The van der Waals surface area contributed by atoms with E-state index in [1.165, 1.54) is 29.8 Å². The number of nitrogens with zero attached hydrogens (tertiary/aromatic N) is 6. The summed E-state index contributed by atoms with van der Waals surface area (Å²) in [7, 11) is 2.10. The molecule has 0 aliphatic carbocycles. The number of ether oxygens (including phenoxy) is 5. The Morgan fingerprint density at radius 2 is 1.74 bits per heavy atom. The lowest BCUT2D eigenvalue weighted by Crippen LogP contribution is -2.49. The van der Waals surface area contributed by atoms with Crippen LogP contribution in [0.2, 0.25) is 5.02 Å². The number of piperazine rings is 1. The van der Waals surface area contributed by atoms with Gasteiger partial charge in [-0.05, 0) is 97.4 Å². The molecule has 1 saturated heterocycles. The zero-order valence-electron chi connectivity index (χ0n) is 37.2. The molecule has 68 heavy (non-hydrogen) atoms. The summed E-state index contributed by atoms with van der Waals surface area (Å²) < 4.78 is 45.9. The molecular weight excluding hydrogens is 915 g/mol. The van der Waals surface area contributed by atoms with Gasteiger partial charge in [0.2, 0.25) is 12.0 Å². The Balaban J connectivity index is 1.08. The summed E-state index contributed by atoms with van der Waals surface area (Å²) in [6, 6.07) is 23.9. The van der Waals surface area contributed by atoms with Crippen molar-refractivity contribution in [3.05, 3.63) is 125 Å². The third-order valence-electron chi connectivity index (χ3n) is 11.8. The fourth-order valence-electron chi connectivity index (χ4n) is 8.06. The summed E-state index contributed by atoms with van der Waals surface area (Å²) in [6.45, 7) is 5.67. The Morgan fingerprint density at radius 3 is 2.50 bits per heavy atom. The molecule has 7 aromatic rings. The fraction of sp³-hybridized carbons (Fsp3) is 0.300. The first-order valence-corrected chi connectivity index (χ1v) is 23.2. The highest BCUT2D eigenvalue weighted by molar-refractivity contribution is 7.22. The van der Waals surface area contributed by atoms with Crippen molar-refractivity contribution in [3.63, 3.8) is 0 Å². The number of thiophene rings is 1. The lowest BCUT2D eigenvalue weighted by Gasteiger charge is -2.34. The van der Waals surface area contributed by atoms with Crippen molar-refractivity contribution >= 4 is 39.1 Å². The van der Waals surface area contributed by atoms with E-state index in [1.807, 2.05) is 19.1 Å². The van der Waals surface area contributed by atoms with Gasteiger partial charge < -0.3 is 43.9 Å². The molecule has 0 spiro atoms. The van der Waals surface area contributed by atoms with Crippen LogP contribution >= 0.6 is 22.9 Å². The normalized spacial score (nSPS) is 17.1. The first-order chi connectivity index (χ1) is 33.0. The number of aliphatic hydroxyl groups is 2. The number of aromatic nitrogens is 4. The molecule has 0 unspecified atom stereocenters. The maximum atomic E-state index is 14.3. The highest BCUT2D eigenvalue weighted by Crippen LogP contribution is 2.49. The van der Waals surface area contributed by atoms with Gasteiger partial charge in [-0.15, -0.1) is 11.3 Å². The Bertz CT molecular complexity index is 2900. The average Bonchev–Trinajstić information content (AvgIpc) is 3.74. The summed E-state index contributed by atoms with van der Waals surface area (Å²) in [6.07, 6.45) is -0.118. The Kier molecular flexibility index (Phi) is 14.3. The van der Waals surface area contributed by atoms with Crippen LogP contribution in [0.3, 0.4) is 0 Å². The molecule has 0 radical (unpaired) electrons. The average molecular weight is 963 g/mol. The third-order valence-corrected chi connectivity index (χ3v) is 13.4. The highest BCUT2D eigenvalue weighted by Gasteiger charge is 2.30. The number of likely N-dealkylation sites (N-methyl/N-ethyl adjacent to an activating group) is 1. The minimum atomic E-state index is -1.46. The van der Waals surface area contributed by atoms with Gasteiger partial charge in [0.15, 0.2) is 5.82 Å². The molecule has 18 heteroatoms. The summed E-state index contributed by atoms with van der Waals surface area (Å²) in [5.41, 5.74) is 4.53. The number of hydrogen-bond donors (Lipinski definition) is 3. The molecule has 0 saturated carbocycles. The van der Waals surface area contributed by atoms with E-state index in [0.717, 1.165) is 31.1 Å². The molecule has 6 heterocycles. The summed E-state index contributed by atoms with van der Waals surface area (Å²) in [5, 5.41) is 30.4. The quantitative estimate of drug-likeness (QED) is 0.110. The second kappa shape index (κ2) is 20.8. The van der Waals surface area contributed by atoms with Gasteiger partial charge >= 0.3 is 5.97 Å². The van der Waals surface area contributed by atoms with Crippen LogP contribution in [0.25, 0.3) is 43.2 Å². The standard InChI is InChI=1S/C50H48ClFN6O9S/c1-29-39-12-14-41(45(29)51)66-38(23-58-19-17-57(2)18-20-58)27-64-37-11-13-40(65-25-34-15-16-53-47(56-34)31-5-9-36(10-6-31)63-26-35(60)24-59)32(21-37)22-42(50(61)62)67-48-44-43(39)46(68-49(44)55-28-54-48)30-3-7-33(52)8-4-30/h3-16,21,28,35,38,42,59-60H,17-20,22-27H2,1-2H3,(H,61,62)/t35-,38-,42-/m1/s1. The minimum absolute atomic E-state index is 0.0107. The van der Waals surface area contributed by atoms with Crippen LogP contribution in [-0.2, 0) is 17.8 Å². The van der Waals surface area contributed by atoms with Crippen LogP contribution in [0.15, 0.2) is 97.5 Å². The van der Waals surface area contributed by atoms with Gasteiger partial charge in [0.25, 0.3) is 0 Å². The van der Waals surface area contributed by atoms with Crippen molar-refractivity contribution in [1.82, 2.24) is 29.7 Å². The summed E-state index contributed by atoms with van der Waals surface area (Å²) >= 11 is 8.58. The number of aliphatic hydroxyl groups excluding tert-OH is 2. The number of rotatable bonds is 12. The fourth-order valence-corrected chi connectivity index (χ4v) is 9.43. The molecule has 0 amide bonds. The van der Waals surface area contributed by atoms with E-state index in [2.05, 4.69) is 31.8 Å². The number of benzene rings is 4. The monoisotopic (exact) mass is 962 g/mol. The first-order valence-electron chi connectivity index (χ1n) is 22.0. The SMILES string of the molecule is Cc1c2ccc(c1Cl)O[C@H](CN1CCN(C)CC1)COc1ccc(OCc3ccnc(-c4ccc(OC[C@H](O)CO)cc4)n3)c(c1)C[C@H](C(=O)O)Oc1ncnc3sc(-c4ccc(F)cc4)c-2c13. The van der Waals surface area contributed by atoms with Crippen molar-refractivity contribution in [1.29, 1.82) is 0 Å². The van der Waals surface area contributed by atoms with Crippen LogP contribution in [0.1, 0.15) is 16.8 Å². The highest BCUT2D eigenvalue weighted by atomic mass is 35.5. The van der Waals surface area contributed by atoms with E-state index in [1.54, 1.807) is 66.9 Å². The van der Waals surface area contributed by atoms with E-state index >= 15 is 0 Å². The van der Waals surface area contributed by atoms with E-state index in [4.69, 9.17) is 45.4 Å². The molecule has 4 aromatic carbocycles. The van der Waals surface area contributed by atoms with Crippen molar-refractivity contribution < 1.29 is 48.2 Å². The van der Waals surface area contributed by atoms with Gasteiger partial charge in [-0.25, -0.2) is 29.1 Å². The van der Waals surface area contributed by atoms with E-state index in [0.29, 0.717) is 89.7 Å². The zero-order chi connectivity index (χ0) is 47.3. The number of carboxylic acid groups (broad SMARTS) is 1. The van der Waals surface area contributed by atoms with Crippen LogP contribution < -0.4 is 23.7 Å². The predicted molar refractivity (Wildman–Crippen MR) is 254 cm³/mol. The van der Waals surface area contributed by atoms with Gasteiger partial charge in [-0.1, -0.05) is 29.8 Å². The van der Waals surface area contributed by atoms with Crippen molar-refractivity contribution in [2.75, 3.05) is 59.6 Å². The second-order valence-electron chi connectivity index (χ2n) is 16.6. The molecule has 4 bridgehead atoms. The van der Waals surface area contributed by atoms with Gasteiger partial charge in [-0.2, -0.15) is 0 Å². The van der Waals surface area contributed by atoms with E-state index in [-0.39, 0.29) is 37.9 Å². The predicted octanol–water partition coefficient (Wildman–Crippen LogP) is 7.36. The maximum Gasteiger partial charge on any atom is 0.345 e. The molecule has 3 N–H and O–H groups in total. The first kappa shape index (κ1) is 46.6. The van der Waals surface area contributed by atoms with Gasteiger partial charge in [0, 0.05) is 66.9 Å². The maximum absolute atomic E-state index is 14.3. The molecule has 10 rings (SSSR count). The zero-order valence-corrected chi connectivity index (χ0v) is 38.8. The van der Waals surface area contributed by atoms with E-state index in [9.17, 15) is 19.4 Å². The minimum Gasteiger partial charge on any atom is -0.491 e. The smallest absolute Gasteiger partial charge is 0.345 e.